The van der Waals surface area contributed by atoms with Crippen molar-refractivity contribution in [3.63, 3.8) is 0 Å². The van der Waals surface area contributed by atoms with Crippen molar-refractivity contribution in [1.29, 1.82) is 0 Å². The molecule has 1 aliphatic rings. The van der Waals surface area contributed by atoms with Crippen molar-refractivity contribution in [1.82, 2.24) is 10.2 Å². The molecule has 0 radical (unpaired) electrons. The third kappa shape index (κ3) is 4.11. The Labute approximate surface area is 118 Å². The van der Waals surface area contributed by atoms with Gasteiger partial charge in [-0.25, -0.2) is 4.79 Å². The Morgan fingerprint density at radius 3 is 2.63 bits per heavy atom. The first-order chi connectivity index (χ1) is 9.16. The molecule has 2 amide bonds. The van der Waals surface area contributed by atoms with Gasteiger partial charge in [-0.1, -0.05) is 30.7 Å². The van der Waals surface area contributed by atoms with Gasteiger partial charge in [-0.2, -0.15) is 0 Å². The van der Waals surface area contributed by atoms with Crippen LogP contribution in [0.2, 0.25) is 5.02 Å². The Balaban J connectivity index is 1.80. The zero-order valence-electron chi connectivity index (χ0n) is 11.1. The van der Waals surface area contributed by atoms with E-state index in [4.69, 9.17) is 16.3 Å². The number of rotatable bonds is 3. The van der Waals surface area contributed by atoms with Crippen molar-refractivity contribution in [3.05, 3.63) is 34.9 Å². The van der Waals surface area contributed by atoms with Crippen molar-refractivity contribution < 1.29 is 9.53 Å². The lowest BCUT2D eigenvalue weighted by Crippen LogP contribution is -2.46. The van der Waals surface area contributed by atoms with Crippen LogP contribution in [0.4, 0.5) is 4.79 Å². The Morgan fingerprint density at radius 2 is 2.00 bits per heavy atom. The average Bonchev–Trinajstić information content (AvgIpc) is 2.46. The topological polar surface area (TPSA) is 41.6 Å². The summed E-state index contributed by atoms with van der Waals surface area (Å²) in [5.74, 6) is 0.266. The van der Waals surface area contributed by atoms with E-state index in [9.17, 15) is 4.79 Å². The molecule has 4 nitrogen and oxygen atoms in total. The summed E-state index contributed by atoms with van der Waals surface area (Å²) in [6.45, 7) is 5.29. The van der Waals surface area contributed by atoms with E-state index in [1.54, 1.807) is 4.90 Å². The predicted molar refractivity (Wildman–Crippen MR) is 75.7 cm³/mol. The van der Waals surface area contributed by atoms with Gasteiger partial charge >= 0.3 is 6.03 Å². The summed E-state index contributed by atoms with van der Waals surface area (Å²) >= 11 is 5.86. The maximum atomic E-state index is 11.9. The number of hydrogen-bond donors (Lipinski definition) is 1. The minimum absolute atomic E-state index is 0.0101. The van der Waals surface area contributed by atoms with Crippen LogP contribution in [0.25, 0.3) is 0 Å². The summed E-state index contributed by atoms with van der Waals surface area (Å²) in [5, 5.41) is 3.69. The van der Waals surface area contributed by atoms with Gasteiger partial charge < -0.3 is 15.0 Å². The number of amides is 2. The van der Waals surface area contributed by atoms with Crippen molar-refractivity contribution >= 4 is 17.6 Å². The first kappa shape index (κ1) is 14.2. The Morgan fingerprint density at radius 1 is 1.37 bits per heavy atom. The molecule has 0 spiro atoms. The molecule has 1 aromatic carbocycles. The molecule has 19 heavy (non-hydrogen) atoms. The van der Waals surface area contributed by atoms with Gasteiger partial charge in [0.25, 0.3) is 0 Å². The van der Waals surface area contributed by atoms with Crippen LogP contribution in [-0.2, 0) is 4.74 Å². The molecule has 1 aromatic rings. The second kappa shape index (κ2) is 6.78. The fourth-order valence-corrected chi connectivity index (χ4v) is 2.15. The monoisotopic (exact) mass is 282 g/mol. The first-order valence-electron chi connectivity index (χ1n) is 6.53. The van der Waals surface area contributed by atoms with Crippen molar-refractivity contribution in [3.8, 4) is 0 Å². The maximum absolute atomic E-state index is 11.9. The molecule has 0 aliphatic carbocycles. The Hall–Kier alpha value is -1.26. The highest BCUT2D eigenvalue weighted by atomic mass is 35.5. The summed E-state index contributed by atoms with van der Waals surface area (Å²) in [6, 6.07) is 7.72. The van der Waals surface area contributed by atoms with Gasteiger partial charge in [-0.15, -0.1) is 0 Å². The number of urea groups is 1. The number of hydrogen-bond acceptors (Lipinski definition) is 2. The van der Waals surface area contributed by atoms with Gasteiger partial charge in [0.15, 0.2) is 0 Å². The lowest BCUT2D eigenvalue weighted by Gasteiger charge is -2.27. The van der Waals surface area contributed by atoms with Crippen LogP contribution in [0.1, 0.15) is 18.4 Å². The van der Waals surface area contributed by atoms with Crippen molar-refractivity contribution in [2.45, 2.75) is 12.8 Å². The molecular formula is C14H19ClN2O2. The second-order valence-corrected chi connectivity index (χ2v) is 5.17. The van der Waals surface area contributed by atoms with E-state index in [1.807, 2.05) is 24.3 Å². The highest BCUT2D eigenvalue weighted by molar-refractivity contribution is 6.30. The van der Waals surface area contributed by atoms with Gasteiger partial charge in [0.1, 0.15) is 0 Å². The van der Waals surface area contributed by atoms with E-state index < -0.39 is 0 Å². The van der Waals surface area contributed by atoms with Gasteiger partial charge in [0.05, 0.1) is 13.2 Å². The minimum atomic E-state index is -0.0101. The highest BCUT2D eigenvalue weighted by Crippen LogP contribution is 2.17. The van der Waals surface area contributed by atoms with Crippen LogP contribution in [0.5, 0.6) is 0 Å². The van der Waals surface area contributed by atoms with Crippen LogP contribution in [0.3, 0.4) is 0 Å². The van der Waals surface area contributed by atoms with E-state index in [2.05, 4.69) is 12.2 Å². The normalized spacial score (nSPS) is 17.1. The zero-order valence-corrected chi connectivity index (χ0v) is 11.8. The van der Waals surface area contributed by atoms with Crippen molar-refractivity contribution in [2.24, 2.45) is 0 Å². The number of ether oxygens (including phenoxy) is 1. The molecule has 0 saturated carbocycles. The van der Waals surface area contributed by atoms with E-state index in [1.165, 1.54) is 5.56 Å². The van der Waals surface area contributed by atoms with Crippen LogP contribution in [-0.4, -0.2) is 43.8 Å². The van der Waals surface area contributed by atoms with Gasteiger partial charge in [-0.3, -0.25) is 0 Å². The number of carbonyl (C=O) groups excluding carboxylic acids is 1. The molecule has 0 bridgehead atoms. The van der Waals surface area contributed by atoms with E-state index in [0.717, 1.165) is 5.02 Å². The Kier molecular flexibility index (Phi) is 5.05. The van der Waals surface area contributed by atoms with Gasteiger partial charge in [-0.05, 0) is 23.6 Å². The highest BCUT2D eigenvalue weighted by Gasteiger charge is 2.17. The molecule has 1 heterocycles. The summed E-state index contributed by atoms with van der Waals surface area (Å²) in [4.78, 5) is 13.7. The van der Waals surface area contributed by atoms with E-state index >= 15 is 0 Å². The lowest BCUT2D eigenvalue weighted by atomic mass is 10.0. The number of nitrogens with zero attached hydrogens (tertiary/aromatic N) is 1. The number of nitrogens with one attached hydrogen (secondary N) is 1. The predicted octanol–water partition coefficient (Wildman–Crippen LogP) is 2.49. The summed E-state index contributed by atoms with van der Waals surface area (Å²) in [5.41, 5.74) is 1.17. The number of morpholine rings is 1. The minimum Gasteiger partial charge on any atom is -0.378 e. The average molecular weight is 283 g/mol. The fraction of sp³-hybridized carbons (Fsp3) is 0.500. The maximum Gasteiger partial charge on any atom is 0.317 e. The van der Waals surface area contributed by atoms with Gasteiger partial charge in [0, 0.05) is 24.7 Å². The number of halogens is 1. The van der Waals surface area contributed by atoms with Crippen LogP contribution in [0.15, 0.2) is 24.3 Å². The third-order valence-electron chi connectivity index (χ3n) is 3.30. The van der Waals surface area contributed by atoms with Gasteiger partial charge in [0.2, 0.25) is 0 Å². The first-order valence-corrected chi connectivity index (χ1v) is 6.90. The summed E-state index contributed by atoms with van der Waals surface area (Å²) in [7, 11) is 0. The summed E-state index contributed by atoms with van der Waals surface area (Å²) < 4.78 is 5.22. The lowest BCUT2D eigenvalue weighted by molar-refractivity contribution is 0.0532. The van der Waals surface area contributed by atoms with E-state index in [-0.39, 0.29) is 11.9 Å². The second-order valence-electron chi connectivity index (χ2n) is 4.74. The smallest absolute Gasteiger partial charge is 0.317 e. The quantitative estimate of drug-likeness (QED) is 0.925. The molecular weight excluding hydrogens is 264 g/mol. The van der Waals surface area contributed by atoms with Crippen LogP contribution >= 0.6 is 11.6 Å². The molecule has 2 rings (SSSR count). The largest absolute Gasteiger partial charge is 0.378 e. The SMILES string of the molecule is CC(CNC(=O)N1CCOCC1)c1ccc(Cl)cc1. The van der Waals surface area contributed by atoms with Crippen LogP contribution in [0, 0.1) is 0 Å². The molecule has 1 fully saturated rings. The molecule has 1 saturated heterocycles. The molecule has 0 aromatic heterocycles. The number of benzene rings is 1. The van der Waals surface area contributed by atoms with Crippen LogP contribution < -0.4 is 5.32 Å². The zero-order chi connectivity index (χ0) is 13.7. The fourth-order valence-electron chi connectivity index (χ4n) is 2.03. The Bertz CT molecular complexity index is 416. The molecule has 5 heteroatoms. The standard InChI is InChI=1S/C14H19ClN2O2/c1-11(12-2-4-13(15)5-3-12)10-16-14(18)17-6-8-19-9-7-17/h2-5,11H,6-10H2,1H3,(H,16,18). The summed E-state index contributed by atoms with van der Waals surface area (Å²) in [6.07, 6.45) is 0. The molecule has 1 aliphatic heterocycles. The molecule has 1 N–H and O–H groups in total. The molecule has 1 unspecified atom stereocenters. The number of carbonyl (C=O) groups is 1. The third-order valence-corrected chi connectivity index (χ3v) is 3.55. The van der Waals surface area contributed by atoms with E-state index in [0.29, 0.717) is 32.8 Å². The molecule has 104 valence electrons. The van der Waals surface area contributed by atoms with Crippen molar-refractivity contribution in [2.75, 3.05) is 32.8 Å². The molecule has 1 atom stereocenters.